The lowest BCUT2D eigenvalue weighted by Gasteiger charge is -2.36. The molecule has 102 valence electrons. The molecule has 0 bridgehead atoms. The van der Waals surface area contributed by atoms with Crippen LogP contribution in [0.2, 0.25) is 0 Å². The number of carbonyl (C=O) groups is 1. The second-order valence-corrected chi connectivity index (χ2v) is 6.94. The standard InChI is InChI=1S/C15H26N2O/c1-11(2)10-16-3-5-17(6-4-16)15(18)14-8-12-7-13(12)9-14/h11-14H,3-10H2,1-2H3. The van der Waals surface area contributed by atoms with Crippen LogP contribution in [0, 0.1) is 23.7 Å². The van der Waals surface area contributed by atoms with E-state index in [0.717, 1.165) is 43.9 Å². The number of hydrogen-bond acceptors (Lipinski definition) is 2. The van der Waals surface area contributed by atoms with E-state index in [0.29, 0.717) is 11.8 Å². The van der Waals surface area contributed by atoms with Crippen molar-refractivity contribution in [2.24, 2.45) is 23.7 Å². The highest BCUT2D eigenvalue weighted by molar-refractivity contribution is 5.79. The van der Waals surface area contributed by atoms with Crippen molar-refractivity contribution in [1.82, 2.24) is 9.80 Å². The fraction of sp³-hybridized carbons (Fsp3) is 0.933. The molecule has 3 aliphatic rings. The first kappa shape index (κ1) is 12.5. The lowest BCUT2D eigenvalue weighted by Crippen LogP contribution is -2.50. The Morgan fingerprint density at radius 2 is 1.67 bits per heavy atom. The minimum atomic E-state index is 0.380. The molecule has 2 aliphatic carbocycles. The first-order valence-electron chi connectivity index (χ1n) is 7.64. The predicted molar refractivity (Wildman–Crippen MR) is 72.2 cm³/mol. The second kappa shape index (κ2) is 4.84. The minimum absolute atomic E-state index is 0.380. The molecule has 0 aromatic heterocycles. The molecule has 2 unspecified atom stereocenters. The summed E-state index contributed by atoms with van der Waals surface area (Å²) >= 11 is 0. The van der Waals surface area contributed by atoms with Crippen molar-refractivity contribution in [3.05, 3.63) is 0 Å². The topological polar surface area (TPSA) is 23.6 Å². The Labute approximate surface area is 111 Å². The van der Waals surface area contributed by atoms with E-state index < -0.39 is 0 Å². The summed E-state index contributed by atoms with van der Waals surface area (Å²) < 4.78 is 0. The Hall–Kier alpha value is -0.570. The van der Waals surface area contributed by atoms with Crippen LogP contribution < -0.4 is 0 Å². The Bertz CT molecular complexity index is 310. The summed E-state index contributed by atoms with van der Waals surface area (Å²) in [7, 11) is 0. The lowest BCUT2D eigenvalue weighted by atomic mass is 10.0. The maximum absolute atomic E-state index is 12.4. The molecule has 3 rings (SSSR count). The summed E-state index contributed by atoms with van der Waals surface area (Å²) in [4.78, 5) is 17.0. The first-order chi connectivity index (χ1) is 8.63. The molecular formula is C15H26N2O. The van der Waals surface area contributed by atoms with E-state index in [2.05, 4.69) is 23.6 Å². The van der Waals surface area contributed by atoms with Crippen LogP contribution >= 0.6 is 0 Å². The van der Waals surface area contributed by atoms with Crippen LogP contribution in [0.15, 0.2) is 0 Å². The van der Waals surface area contributed by atoms with Gasteiger partial charge in [-0.15, -0.1) is 0 Å². The molecule has 0 N–H and O–H groups in total. The van der Waals surface area contributed by atoms with Crippen LogP contribution in [0.25, 0.3) is 0 Å². The third-order valence-electron chi connectivity index (χ3n) is 4.90. The Kier molecular flexibility index (Phi) is 3.35. The molecule has 1 aliphatic heterocycles. The Balaban J connectivity index is 1.45. The highest BCUT2D eigenvalue weighted by Gasteiger charge is 2.48. The molecule has 3 nitrogen and oxygen atoms in total. The molecule has 0 aromatic carbocycles. The van der Waals surface area contributed by atoms with E-state index in [-0.39, 0.29) is 0 Å². The van der Waals surface area contributed by atoms with Crippen molar-refractivity contribution in [3.63, 3.8) is 0 Å². The molecule has 1 heterocycles. The zero-order valence-corrected chi connectivity index (χ0v) is 11.8. The molecule has 1 saturated heterocycles. The van der Waals surface area contributed by atoms with Gasteiger partial charge in [0.05, 0.1) is 0 Å². The summed E-state index contributed by atoms with van der Waals surface area (Å²) in [6, 6.07) is 0. The maximum atomic E-state index is 12.4. The monoisotopic (exact) mass is 250 g/mol. The summed E-state index contributed by atoms with van der Waals surface area (Å²) in [5.41, 5.74) is 0. The van der Waals surface area contributed by atoms with Crippen LogP contribution in [-0.4, -0.2) is 48.4 Å². The number of piperazine rings is 1. The zero-order valence-electron chi connectivity index (χ0n) is 11.8. The Morgan fingerprint density at radius 1 is 1.06 bits per heavy atom. The van der Waals surface area contributed by atoms with Gasteiger partial charge in [0.1, 0.15) is 0 Å². The van der Waals surface area contributed by atoms with Crippen LogP contribution in [0.4, 0.5) is 0 Å². The molecular weight excluding hydrogens is 224 g/mol. The van der Waals surface area contributed by atoms with Gasteiger partial charge in [-0.25, -0.2) is 0 Å². The van der Waals surface area contributed by atoms with Crippen molar-refractivity contribution >= 4 is 5.91 Å². The molecule has 2 saturated carbocycles. The third kappa shape index (κ3) is 2.56. The summed E-state index contributed by atoms with van der Waals surface area (Å²) in [6.45, 7) is 9.77. The Morgan fingerprint density at radius 3 is 2.22 bits per heavy atom. The van der Waals surface area contributed by atoms with Gasteiger partial charge in [0, 0.05) is 38.6 Å². The highest BCUT2D eigenvalue weighted by Crippen LogP contribution is 2.54. The van der Waals surface area contributed by atoms with E-state index in [4.69, 9.17) is 0 Å². The number of rotatable bonds is 3. The molecule has 0 spiro atoms. The molecule has 18 heavy (non-hydrogen) atoms. The first-order valence-corrected chi connectivity index (χ1v) is 7.64. The lowest BCUT2D eigenvalue weighted by molar-refractivity contribution is -0.137. The average Bonchev–Trinajstić information content (AvgIpc) is 2.95. The SMILES string of the molecule is CC(C)CN1CCN(C(=O)C2CC3CC3C2)CC1. The van der Waals surface area contributed by atoms with E-state index in [1.165, 1.54) is 25.8 Å². The quantitative estimate of drug-likeness (QED) is 0.763. The van der Waals surface area contributed by atoms with Gasteiger partial charge in [-0.2, -0.15) is 0 Å². The number of hydrogen-bond donors (Lipinski definition) is 0. The summed E-state index contributed by atoms with van der Waals surface area (Å²) in [5.74, 6) is 3.41. The van der Waals surface area contributed by atoms with Crippen LogP contribution in [-0.2, 0) is 4.79 Å². The number of nitrogens with zero attached hydrogens (tertiary/aromatic N) is 2. The van der Waals surface area contributed by atoms with Gasteiger partial charge in [0.2, 0.25) is 5.91 Å². The smallest absolute Gasteiger partial charge is 0.225 e. The van der Waals surface area contributed by atoms with Crippen molar-refractivity contribution in [3.8, 4) is 0 Å². The average molecular weight is 250 g/mol. The second-order valence-electron chi connectivity index (χ2n) is 6.94. The molecule has 1 amide bonds. The number of amides is 1. The fourth-order valence-electron chi connectivity index (χ4n) is 3.84. The zero-order chi connectivity index (χ0) is 12.7. The molecule has 0 aromatic rings. The van der Waals surface area contributed by atoms with Crippen LogP contribution in [0.1, 0.15) is 33.1 Å². The van der Waals surface area contributed by atoms with E-state index in [1.54, 1.807) is 0 Å². The van der Waals surface area contributed by atoms with Crippen LogP contribution in [0.3, 0.4) is 0 Å². The maximum Gasteiger partial charge on any atom is 0.225 e. The number of fused-ring (bicyclic) bond motifs is 1. The molecule has 0 radical (unpaired) electrons. The predicted octanol–water partition coefficient (Wildman–Crippen LogP) is 1.83. The molecule has 2 atom stereocenters. The van der Waals surface area contributed by atoms with Gasteiger partial charge < -0.3 is 4.90 Å². The van der Waals surface area contributed by atoms with Gasteiger partial charge in [-0.05, 0) is 37.0 Å². The van der Waals surface area contributed by atoms with Crippen molar-refractivity contribution in [2.75, 3.05) is 32.7 Å². The summed E-state index contributed by atoms with van der Waals surface area (Å²) in [5, 5.41) is 0. The molecule has 3 fully saturated rings. The summed E-state index contributed by atoms with van der Waals surface area (Å²) in [6.07, 6.45) is 3.79. The van der Waals surface area contributed by atoms with E-state index >= 15 is 0 Å². The molecule has 3 heteroatoms. The fourth-order valence-corrected chi connectivity index (χ4v) is 3.84. The van der Waals surface area contributed by atoms with Crippen molar-refractivity contribution in [1.29, 1.82) is 0 Å². The van der Waals surface area contributed by atoms with Gasteiger partial charge in [-0.1, -0.05) is 13.8 Å². The van der Waals surface area contributed by atoms with Gasteiger partial charge >= 0.3 is 0 Å². The van der Waals surface area contributed by atoms with Crippen LogP contribution in [0.5, 0.6) is 0 Å². The van der Waals surface area contributed by atoms with Crippen molar-refractivity contribution < 1.29 is 4.79 Å². The number of carbonyl (C=O) groups excluding carboxylic acids is 1. The van der Waals surface area contributed by atoms with Crippen molar-refractivity contribution in [2.45, 2.75) is 33.1 Å². The van der Waals surface area contributed by atoms with E-state index in [9.17, 15) is 4.79 Å². The third-order valence-corrected chi connectivity index (χ3v) is 4.90. The highest BCUT2D eigenvalue weighted by atomic mass is 16.2. The van der Waals surface area contributed by atoms with Gasteiger partial charge in [0.25, 0.3) is 0 Å². The van der Waals surface area contributed by atoms with E-state index in [1.807, 2.05) is 0 Å². The van der Waals surface area contributed by atoms with Gasteiger partial charge in [0.15, 0.2) is 0 Å². The minimum Gasteiger partial charge on any atom is -0.340 e. The normalized spacial score (nSPS) is 35.9. The van der Waals surface area contributed by atoms with Gasteiger partial charge in [-0.3, -0.25) is 9.69 Å². The largest absolute Gasteiger partial charge is 0.340 e.